The van der Waals surface area contributed by atoms with Crippen LogP contribution in [0.15, 0.2) is 0 Å². The maximum absolute atomic E-state index is 10.1. The van der Waals surface area contributed by atoms with E-state index in [9.17, 15) is 35.7 Å². The summed E-state index contributed by atoms with van der Waals surface area (Å²) in [5.41, 5.74) is 0.0558. The van der Waals surface area contributed by atoms with E-state index in [1.54, 1.807) is 0 Å². The fourth-order valence-electron chi connectivity index (χ4n) is 2.81. The molecule has 1 heterocycles. The normalized spacial score (nSPS) is 11.5. The van der Waals surface area contributed by atoms with Crippen LogP contribution in [0.2, 0.25) is 0 Å². The number of benzene rings is 2. The molecule has 7 N–H and O–H groups in total. The van der Waals surface area contributed by atoms with Gasteiger partial charge in [0, 0.05) is 18.0 Å². The quantitative estimate of drug-likeness (QED) is 0.246. The maximum Gasteiger partial charge on any atom is 0.206 e. The van der Waals surface area contributed by atoms with Gasteiger partial charge >= 0.3 is 0 Å². The van der Waals surface area contributed by atoms with E-state index in [2.05, 4.69) is 0 Å². The molecule has 0 unspecified atom stereocenters. The minimum Gasteiger partial charge on any atom is -0.504 e. The number of hydrogen-bond acceptors (Lipinski definition) is 7. The zero-order chi connectivity index (χ0) is 16.5. The second kappa shape index (κ2) is 3.94. The van der Waals surface area contributed by atoms with Crippen LogP contribution in [0.3, 0.4) is 0 Å². The number of phenolic OH excluding ortho intramolecular Hbond substituents is 7. The summed E-state index contributed by atoms with van der Waals surface area (Å²) >= 11 is 0. The van der Waals surface area contributed by atoms with Crippen molar-refractivity contribution in [3.8, 4) is 40.2 Å². The van der Waals surface area contributed by atoms with Crippen LogP contribution >= 0.6 is 0 Å². The van der Waals surface area contributed by atoms with Crippen molar-refractivity contribution in [2.24, 2.45) is 7.05 Å². The van der Waals surface area contributed by atoms with E-state index >= 15 is 0 Å². The molecule has 8 nitrogen and oxygen atoms in total. The minimum absolute atomic E-state index is 0.0124. The molecule has 3 aromatic rings. The average molecular weight is 307 g/mol. The highest BCUT2D eigenvalue weighted by Gasteiger charge is 2.28. The fourth-order valence-corrected chi connectivity index (χ4v) is 2.81. The minimum atomic E-state index is -0.927. The lowest BCUT2D eigenvalue weighted by atomic mass is 10.0. The van der Waals surface area contributed by atoms with Crippen LogP contribution in [0.5, 0.6) is 40.2 Å². The number of fused-ring (bicyclic) bond motifs is 3. The molecule has 0 saturated carbocycles. The topological polar surface area (TPSA) is 147 Å². The van der Waals surface area contributed by atoms with Crippen molar-refractivity contribution in [3.63, 3.8) is 0 Å². The van der Waals surface area contributed by atoms with Gasteiger partial charge in [0.25, 0.3) is 0 Å². The van der Waals surface area contributed by atoms with Crippen molar-refractivity contribution >= 4 is 21.8 Å². The summed E-state index contributed by atoms with van der Waals surface area (Å²) in [7, 11) is 1.41. The molecule has 0 radical (unpaired) electrons. The van der Waals surface area contributed by atoms with Crippen LogP contribution in [0, 0.1) is 6.92 Å². The zero-order valence-corrected chi connectivity index (χ0v) is 11.6. The Morgan fingerprint density at radius 3 is 1.50 bits per heavy atom. The summed E-state index contributed by atoms with van der Waals surface area (Å²) in [5.74, 6) is -5.27. The molecule has 2 aromatic carbocycles. The van der Waals surface area contributed by atoms with Gasteiger partial charge in [0.1, 0.15) is 0 Å². The molecule has 0 aliphatic carbocycles. The second-order valence-corrected chi connectivity index (χ2v) is 5.07. The van der Waals surface area contributed by atoms with Gasteiger partial charge in [-0.15, -0.1) is 0 Å². The van der Waals surface area contributed by atoms with Gasteiger partial charge in [0.15, 0.2) is 23.0 Å². The number of rotatable bonds is 0. The predicted molar refractivity (Wildman–Crippen MR) is 76.8 cm³/mol. The van der Waals surface area contributed by atoms with Gasteiger partial charge in [0.2, 0.25) is 17.2 Å². The Labute approximate surface area is 123 Å². The summed E-state index contributed by atoms with van der Waals surface area (Å²) in [4.78, 5) is 0. The first kappa shape index (κ1) is 13.8. The molecular formula is C14H13NO7. The molecule has 8 heteroatoms. The molecule has 116 valence electrons. The van der Waals surface area contributed by atoms with Crippen LogP contribution in [0.25, 0.3) is 21.8 Å². The van der Waals surface area contributed by atoms with Gasteiger partial charge < -0.3 is 40.3 Å². The first-order valence-corrected chi connectivity index (χ1v) is 6.21. The second-order valence-electron chi connectivity index (χ2n) is 5.07. The Morgan fingerprint density at radius 1 is 0.545 bits per heavy atom. The third kappa shape index (κ3) is 1.31. The van der Waals surface area contributed by atoms with Crippen LogP contribution in [-0.4, -0.2) is 40.3 Å². The van der Waals surface area contributed by atoms with Gasteiger partial charge in [0.05, 0.1) is 16.4 Å². The smallest absolute Gasteiger partial charge is 0.206 e. The van der Waals surface area contributed by atoms with Gasteiger partial charge in [-0.05, 0) is 6.92 Å². The third-order valence-corrected chi connectivity index (χ3v) is 3.93. The van der Waals surface area contributed by atoms with Gasteiger partial charge in [-0.3, -0.25) is 0 Å². The molecule has 3 rings (SSSR count). The summed E-state index contributed by atoms with van der Waals surface area (Å²) < 4.78 is 1.22. The Morgan fingerprint density at radius 2 is 0.955 bits per heavy atom. The molecule has 1 aromatic heterocycles. The molecule has 0 fully saturated rings. The summed E-state index contributed by atoms with van der Waals surface area (Å²) in [5, 5.41) is 69.1. The molecule has 0 atom stereocenters. The largest absolute Gasteiger partial charge is 0.504 e. The van der Waals surface area contributed by atoms with E-state index in [-0.39, 0.29) is 27.4 Å². The van der Waals surface area contributed by atoms with E-state index in [4.69, 9.17) is 0 Å². The molecular weight excluding hydrogens is 294 g/mol. The standard InChI is InChI=1S/C14H13NO7/c1-3-4-5-7(11(19)14(22)13(21)9(5)17)15(2)6(4)10(18)12(20)8(3)16/h16-22H,1-2H3. The number of aryl methyl sites for hydroxylation is 2. The first-order valence-electron chi connectivity index (χ1n) is 6.21. The van der Waals surface area contributed by atoms with Crippen molar-refractivity contribution in [1.29, 1.82) is 0 Å². The Balaban J connectivity index is 2.81. The third-order valence-electron chi connectivity index (χ3n) is 3.93. The lowest BCUT2D eigenvalue weighted by molar-refractivity contribution is 0.350. The molecule has 0 bridgehead atoms. The van der Waals surface area contributed by atoms with Crippen molar-refractivity contribution < 1.29 is 35.7 Å². The highest BCUT2D eigenvalue weighted by atomic mass is 16.3. The number of aromatic hydroxyl groups is 7. The molecule has 22 heavy (non-hydrogen) atoms. The number of nitrogens with zero attached hydrogens (tertiary/aromatic N) is 1. The predicted octanol–water partition coefficient (Wildman–Crippen LogP) is 1.58. The maximum atomic E-state index is 10.1. The van der Waals surface area contributed by atoms with E-state index in [0.717, 1.165) is 0 Å². The first-order chi connectivity index (χ1) is 10.2. The van der Waals surface area contributed by atoms with E-state index in [0.29, 0.717) is 0 Å². The Hall–Kier alpha value is -3.16. The van der Waals surface area contributed by atoms with Crippen LogP contribution in [0.4, 0.5) is 0 Å². The van der Waals surface area contributed by atoms with Gasteiger partial charge in [-0.1, -0.05) is 0 Å². The summed E-state index contributed by atoms with van der Waals surface area (Å²) in [6.07, 6.45) is 0. The van der Waals surface area contributed by atoms with Crippen LogP contribution in [-0.2, 0) is 7.05 Å². The van der Waals surface area contributed by atoms with Gasteiger partial charge in [-0.2, -0.15) is 0 Å². The van der Waals surface area contributed by atoms with Crippen molar-refractivity contribution in [2.45, 2.75) is 6.92 Å². The molecule has 0 aliphatic rings. The van der Waals surface area contributed by atoms with E-state index in [1.165, 1.54) is 18.5 Å². The van der Waals surface area contributed by atoms with Crippen molar-refractivity contribution in [1.82, 2.24) is 4.57 Å². The van der Waals surface area contributed by atoms with Crippen LogP contribution < -0.4 is 0 Å². The number of aromatic nitrogens is 1. The van der Waals surface area contributed by atoms with E-state index < -0.39 is 40.2 Å². The van der Waals surface area contributed by atoms with E-state index in [1.807, 2.05) is 0 Å². The summed E-state index contributed by atoms with van der Waals surface area (Å²) in [6.45, 7) is 1.43. The number of hydrogen-bond donors (Lipinski definition) is 7. The van der Waals surface area contributed by atoms with Crippen molar-refractivity contribution in [3.05, 3.63) is 5.56 Å². The lowest BCUT2D eigenvalue weighted by Crippen LogP contribution is -1.89. The SMILES string of the molecule is Cc1c(O)c(O)c(O)c2c1c1c(O)c(O)c(O)c(O)c1n2C. The molecule has 0 amide bonds. The van der Waals surface area contributed by atoms with Gasteiger partial charge in [-0.25, -0.2) is 0 Å². The molecule has 0 saturated heterocycles. The zero-order valence-electron chi connectivity index (χ0n) is 11.6. The molecule has 0 spiro atoms. The Kier molecular flexibility index (Phi) is 2.47. The highest BCUT2D eigenvalue weighted by molar-refractivity contribution is 6.18. The fraction of sp³-hybridized carbons (Fsp3) is 0.143. The van der Waals surface area contributed by atoms with Crippen molar-refractivity contribution in [2.75, 3.05) is 0 Å². The monoisotopic (exact) mass is 307 g/mol. The Bertz CT molecular complexity index is 894. The lowest BCUT2D eigenvalue weighted by Gasteiger charge is -2.08. The molecule has 0 aliphatic heterocycles. The number of phenols is 7. The summed E-state index contributed by atoms with van der Waals surface area (Å²) in [6, 6.07) is 0. The highest BCUT2D eigenvalue weighted by Crippen LogP contribution is 2.55. The van der Waals surface area contributed by atoms with Crippen LogP contribution in [0.1, 0.15) is 5.56 Å². The average Bonchev–Trinajstić information content (AvgIpc) is 2.80.